The molecule has 3 nitrogen and oxygen atoms in total. The Labute approximate surface area is 104 Å². The molecule has 1 unspecified atom stereocenters. The third-order valence-electron chi connectivity index (χ3n) is 2.33. The average Bonchev–Trinajstić information content (AvgIpc) is 2.29. The van der Waals surface area contributed by atoms with Gasteiger partial charge in [0, 0.05) is 18.0 Å². The lowest BCUT2D eigenvalue weighted by Gasteiger charge is -2.10. The van der Waals surface area contributed by atoms with Crippen LogP contribution in [0, 0.1) is 0 Å². The number of anilines is 1. The summed E-state index contributed by atoms with van der Waals surface area (Å²) in [5.41, 5.74) is 0.803. The molecule has 0 saturated carbocycles. The Balaban J connectivity index is 2.43. The second-order valence-corrected chi connectivity index (χ2v) is 4.47. The number of nitrogens with one attached hydrogen (secondary N) is 1. The first kappa shape index (κ1) is 13.2. The molecule has 0 fully saturated rings. The zero-order chi connectivity index (χ0) is 12.0. The van der Waals surface area contributed by atoms with Gasteiger partial charge in [-0.2, -0.15) is 0 Å². The molecule has 0 aliphatic rings. The minimum Gasteiger partial charge on any atom is -0.382 e. The van der Waals surface area contributed by atoms with Crippen molar-refractivity contribution in [2.24, 2.45) is 0 Å². The summed E-state index contributed by atoms with van der Waals surface area (Å²) in [6.07, 6.45) is 1.31. The van der Waals surface area contributed by atoms with E-state index in [1.54, 1.807) is 7.11 Å². The molecule has 1 aromatic rings. The van der Waals surface area contributed by atoms with Crippen molar-refractivity contribution >= 4 is 27.5 Å². The summed E-state index contributed by atoms with van der Waals surface area (Å²) in [6.45, 7) is 1.95. The monoisotopic (exact) mass is 285 g/mol. The molecule has 0 saturated heterocycles. The molecule has 0 aliphatic heterocycles. The number of carbonyl (C=O) groups is 1. The van der Waals surface area contributed by atoms with Crippen LogP contribution in [-0.4, -0.2) is 19.1 Å². The Bertz CT molecular complexity index is 355. The first-order valence-electron chi connectivity index (χ1n) is 5.20. The molecule has 0 aliphatic carbocycles. The van der Waals surface area contributed by atoms with Crippen LogP contribution in [-0.2, 0) is 9.53 Å². The van der Waals surface area contributed by atoms with Crippen molar-refractivity contribution in [3.05, 3.63) is 28.7 Å². The van der Waals surface area contributed by atoms with Gasteiger partial charge in [-0.05, 0) is 41.4 Å². The smallest absolute Gasteiger partial charge is 0.224 e. The summed E-state index contributed by atoms with van der Waals surface area (Å²) < 4.78 is 5.98. The highest BCUT2D eigenvalue weighted by molar-refractivity contribution is 9.10. The zero-order valence-electron chi connectivity index (χ0n) is 9.50. The van der Waals surface area contributed by atoms with Gasteiger partial charge in [0.2, 0.25) is 5.91 Å². The van der Waals surface area contributed by atoms with Crippen LogP contribution < -0.4 is 5.32 Å². The maximum absolute atomic E-state index is 11.6. The molecule has 0 spiro atoms. The minimum atomic E-state index is 0.0100. The SMILES string of the molecule is COC(C)CCC(=O)Nc1ccccc1Br. The molecular weight excluding hydrogens is 270 g/mol. The van der Waals surface area contributed by atoms with Crippen LogP contribution in [0.1, 0.15) is 19.8 Å². The maximum Gasteiger partial charge on any atom is 0.224 e. The van der Waals surface area contributed by atoms with Crippen molar-refractivity contribution in [2.45, 2.75) is 25.9 Å². The number of amides is 1. The molecule has 0 radical (unpaired) electrons. The summed E-state index contributed by atoms with van der Waals surface area (Å²) in [5.74, 6) is 0.0100. The van der Waals surface area contributed by atoms with Crippen molar-refractivity contribution in [3.63, 3.8) is 0 Å². The van der Waals surface area contributed by atoms with E-state index in [1.807, 2.05) is 31.2 Å². The third kappa shape index (κ3) is 4.33. The predicted octanol–water partition coefficient (Wildman–Crippen LogP) is 3.20. The Kier molecular flexibility index (Phi) is 5.49. The molecule has 1 aromatic carbocycles. The summed E-state index contributed by atoms with van der Waals surface area (Å²) in [7, 11) is 1.65. The van der Waals surface area contributed by atoms with Crippen molar-refractivity contribution in [3.8, 4) is 0 Å². The van der Waals surface area contributed by atoms with Gasteiger partial charge in [0.05, 0.1) is 11.8 Å². The van der Waals surface area contributed by atoms with Crippen LogP contribution in [0.3, 0.4) is 0 Å². The zero-order valence-corrected chi connectivity index (χ0v) is 11.1. The van der Waals surface area contributed by atoms with E-state index in [2.05, 4.69) is 21.2 Å². The Morgan fingerprint density at radius 2 is 2.19 bits per heavy atom. The number of rotatable bonds is 5. The number of halogens is 1. The van der Waals surface area contributed by atoms with Gasteiger partial charge in [0.25, 0.3) is 0 Å². The summed E-state index contributed by atoms with van der Waals surface area (Å²) in [4.78, 5) is 11.6. The lowest BCUT2D eigenvalue weighted by Crippen LogP contribution is -2.15. The molecule has 16 heavy (non-hydrogen) atoms. The fourth-order valence-corrected chi connectivity index (χ4v) is 1.61. The number of methoxy groups -OCH3 is 1. The van der Waals surface area contributed by atoms with Crippen molar-refractivity contribution in [2.75, 3.05) is 12.4 Å². The second kappa shape index (κ2) is 6.66. The first-order valence-corrected chi connectivity index (χ1v) is 6.00. The highest BCUT2D eigenvalue weighted by Crippen LogP contribution is 2.21. The molecule has 0 bridgehead atoms. The number of ether oxygens (including phenoxy) is 1. The van der Waals surface area contributed by atoms with E-state index >= 15 is 0 Å². The number of para-hydroxylation sites is 1. The lowest BCUT2D eigenvalue weighted by molar-refractivity contribution is -0.116. The standard InChI is InChI=1S/C12H16BrNO2/c1-9(16-2)7-8-12(15)14-11-6-4-3-5-10(11)13/h3-6,9H,7-8H2,1-2H3,(H,14,15). The molecule has 0 aromatic heterocycles. The van der Waals surface area contributed by atoms with Gasteiger partial charge in [-0.15, -0.1) is 0 Å². The first-order chi connectivity index (χ1) is 7.63. The topological polar surface area (TPSA) is 38.3 Å². The van der Waals surface area contributed by atoms with Crippen molar-refractivity contribution in [1.29, 1.82) is 0 Å². The normalized spacial score (nSPS) is 12.2. The average molecular weight is 286 g/mol. The number of hydrogen-bond acceptors (Lipinski definition) is 2. The van der Waals surface area contributed by atoms with Crippen molar-refractivity contribution in [1.82, 2.24) is 0 Å². The number of hydrogen-bond donors (Lipinski definition) is 1. The summed E-state index contributed by atoms with van der Waals surface area (Å²) in [5, 5.41) is 2.85. The molecule has 4 heteroatoms. The fourth-order valence-electron chi connectivity index (χ4n) is 1.23. The second-order valence-electron chi connectivity index (χ2n) is 3.61. The molecular formula is C12H16BrNO2. The van der Waals surface area contributed by atoms with E-state index in [-0.39, 0.29) is 12.0 Å². The molecule has 0 heterocycles. The highest BCUT2D eigenvalue weighted by atomic mass is 79.9. The van der Waals surface area contributed by atoms with E-state index in [1.165, 1.54) is 0 Å². The van der Waals surface area contributed by atoms with Crippen LogP contribution in [0.2, 0.25) is 0 Å². The molecule has 1 N–H and O–H groups in total. The van der Waals surface area contributed by atoms with Gasteiger partial charge in [0.15, 0.2) is 0 Å². The van der Waals surface area contributed by atoms with Crippen LogP contribution in [0.25, 0.3) is 0 Å². The van der Waals surface area contributed by atoms with Crippen LogP contribution in [0.4, 0.5) is 5.69 Å². The highest BCUT2D eigenvalue weighted by Gasteiger charge is 2.07. The number of carbonyl (C=O) groups excluding carboxylic acids is 1. The quantitative estimate of drug-likeness (QED) is 0.902. The van der Waals surface area contributed by atoms with Gasteiger partial charge < -0.3 is 10.1 Å². The Morgan fingerprint density at radius 1 is 1.50 bits per heavy atom. The van der Waals surface area contributed by atoms with Gasteiger partial charge in [0.1, 0.15) is 0 Å². The maximum atomic E-state index is 11.6. The fraction of sp³-hybridized carbons (Fsp3) is 0.417. The van der Waals surface area contributed by atoms with Gasteiger partial charge >= 0.3 is 0 Å². The summed E-state index contributed by atoms with van der Waals surface area (Å²) >= 11 is 3.38. The molecule has 88 valence electrons. The molecule has 1 atom stereocenters. The minimum absolute atomic E-state index is 0.0100. The van der Waals surface area contributed by atoms with Crippen LogP contribution in [0.15, 0.2) is 28.7 Å². The van der Waals surface area contributed by atoms with Crippen LogP contribution >= 0.6 is 15.9 Å². The third-order valence-corrected chi connectivity index (χ3v) is 3.02. The van der Waals surface area contributed by atoms with Crippen molar-refractivity contribution < 1.29 is 9.53 Å². The molecule has 1 rings (SSSR count). The van der Waals surface area contributed by atoms with Gasteiger partial charge in [-0.1, -0.05) is 12.1 Å². The predicted molar refractivity (Wildman–Crippen MR) is 68.5 cm³/mol. The van der Waals surface area contributed by atoms with Crippen LogP contribution in [0.5, 0.6) is 0 Å². The van der Waals surface area contributed by atoms with E-state index in [9.17, 15) is 4.79 Å². The lowest BCUT2D eigenvalue weighted by atomic mass is 10.2. The Hall–Kier alpha value is -0.870. The Morgan fingerprint density at radius 3 is 2.81 bits per heavy atom. The van der Waals surface area contributed by atoms with E-state index in [4.69, 9.17) is 4.74 Å². The molecule has 1 amide bonds. The van der Waals surface area contributed by atoms with Gasteiger partial charge in [-0.3, -0.25) is 4.79 Å². The summed E-state index contributed by atoms with van der Waals surface area (Å²) in [6, 6.07) is 7.56. The van der Waals surface area contributed by atoms with E-state index < -0.39 is 0 Å². The van der Waals surface area contributed by atoms with E-state index in [0.717, 1.165) is 16.6 Å². The van der Waals surface area contributed by atoms with Gasteiger partial charge in [-0.25, -0.2) is 0 Å². The largest absolute Gasteiger partial charge is 0.382 e. The number of benzene rings is 1. The van der Waals surface area contributed by atoms with E-state index in [0.29, 0.717) is 6.42 Å².